The molecule has 0 spiro atoms. The second-order valence-electron chi connectivity index (χ2n) is 5.01. The van der Waals surface area contributed by atoms with Gasteiger partial charge in [-0.1, -0.05) is 23.5 Å². The quantitative estimate of drug-likeness (QED) is 0.689. The Hall–Kier alpha value is -2.67. The Morgan fingerprint density at radius 1 is 1.26 bits per heavy atom. The van der Waals surface area contributed by atoms with E-state index in [9.17, 15) is 9.18 Å². The van der Waals surface area contributed by atoms with E-state index in [1.165, 1.54) is 29.5 Å². The summed E-state index contributed by atoms with van der Waals surface area (Å²) in [5.74, 6) is 0.153. The fourth-order valence-electron chi connectivity index (χ4n) is 2.41. The Morgan fingerprint density at radius 2 is 2.00 bits per heavy atom. The molecule has 0 bridgehead atoms. The van der Waals surface area contributed by atoms with Crippen molar-refractivity contribution in [1.82, 2.24) is 4.57 Å². The number of halogens is 1. The summed E-state index contributed by atoms with van der Waals surface area (Å²) < 4.78 is 27.1. The molecule has 1 aromatic heterocycles. The molecule has 2 heterocycles. The van der Waals surface area contributed by atoms with Crippen LogP contribution in [0.25, 0.3) is 10.2 Å². The number of hydrogen-bond acceptors (Lipinski definition) is 4. The van der Waals surface area contributed by atoms with E-state index in [-0.39, 0.29) is 12.4 Å². The molecule has 3 aromatic rings. The second-order valence-corrected chi connectivity index (χ2v) is 6.02. The largest absolute Gasteiger partial charge is 0.454 e. The first kappa shape index (κ1) is 14.0. The van der Waals surface area contributed by atoms with Crippen molar-refractivity contribution >= 4 is 27.5 Å². The molecule has 1 aliphatic rings. The van der Waals surface area contributed by atoms with E-state index < -0.39 is 11.7 Å². The molecule has 5 nitrogen and oxygen atoms in total. The highest BCUT2D eigenvalue weighted by Gasteiger charge is 2.17. The summed E-state index contributed by atoms with van der Waals surface area (Å²) >= 11 is 1.34. The molecular weight excluding hydrogens is 319 g/mol. The van der Waals surface area contributed by atoms with Gasteiger partial charge in [-0.15, -0.1) is 0 Å². The van der Waals surface area contributed by atoms with Gasteiger partial charge in [0.15, 0.2) is 16.3 Å². The van der Waals surface area contributed by atoms with Gasteiger partial charge in [-0.25, -0.2) is 4.39 Å². The maximum absolute atomic E-state index is 13.7. The zero-order valence-electron chi connectivity index (χ0n) is 12.1. The molecule has 0 atom stereocenters. The van der Waals surface area contributed by atoms with Gasteiger partial charge in [0.25, 0.3) is 5.91 Å². The van der Waals surface area contributed by atoms with E-state index in [1.54, 1.807) is 17.7 Å². The summed E-state index contributed by atoms with van der Waals surface area (Å²) in [4.78, 5) is 16.7. The van der Waals surface area contributed by atoms with Crippen molar-refractivity contribution in [2.75, 3.05) is 6.79 Å². The minimum absolute atomic E-state index is 0.0425. The molecule has 4 rings (SSSR count). The fourth-order valence-corrected chi connectivity index (χ4v) is 3.43. The predicted octanol–water partition coefficient (Wildman–Crippen LogP) is 2.85. The topological polar surface area (TPSA) is 52.8 Å². The van der Waals surface area contributed by atoms with Crippen LogP contribution in [-0.2, 0) is 7.05 Å². The lowest BCUT2D eigenvalue weighted by Crippen LogP contribution is -2.13. The van der Waals surface area contributed by atoms with Gasteiger partial charge < -0.3 is 14.0 Å². The summed E-state index contributed by atoms with van der Waals surface area (Å²) in [6.07, 6.45) is 0. The van der Waals surface area contributed by atoms with E-state index in [0.29, 0.717) is 16.3 Å². The molecule has 23 heavy (non-hydrogen) atoms. The average molecular weight is 330 g/mol. The molecule has 0 saturated carbocycles. The number of ether oxygens (including phenoxy) is 2. The third-order valence-corrected chi connectivity index (χ3v) is 4.70. The van der Waals surface area contributed by atoms with Crippen molar-refractivity contribution in [2.45, 2.75) is 0 Å². The van der Waals surface area contributed by atoms with Crippen molar-refractivity contribution in [3.8, 4) is 11.5 Å². The lowest BCUT2D eigenvalue weighted by Gasteiger charge is -1.98. The van der Waals surface area contributed by atoms with Crippen LogP contribution in [0.2, 0.25) is 0 Å². The predicted molar refractivity (Wildman–Crippen MR) is 83.2 cm³/mol. The summed E-state index contributed by atoms with van der Waals surface area (Å²) in [7, 11) is 1.80. The first-order valence-electron chi connectivity index (χ1n) is 6.86. The van der Waals surface area contributed by atoms with Gasteiger partial charge in [0.1, 0.15) is 5.82 Å². The number of carbonyl (C=O) groups is 1. The van der Waals surface area contributed by atoms with Gasteiger partial charge in [-0.3, -0.25) is 4.79 Å². The summed E-state index contributed by atoms with van der Waals surface area (Å²) in [5, 5.41) is 0. The van der Waals surface area contributed by atoms with Gasteiger partial charge in [-0.05, 0) is 12.1 Å². The lowest BCUT2D eigenvalue weighted by atomic mass is 10.2. The van der Waals surface area contributed by atoms with E-state index >= 15 is 0 Å². The highest BCUT2D eigenvalue weighted by Crippen LogP contribution is 2.36. The fraction of sp³-hybridized carbons (Fsp3) is 0.125. The molecule has 0 radical (unpaired) electrons. The third kappa shape index (κ3) is 2.29. The van der Waals surface area contributed by atoms with Crippen LogP contribution in [0, 0.1) is 5.82 Å². The van der Waals surface area contributed by atoms with Gasteiger partial charge in [0, 0.05) is 19.2 Å². The molecule has 116 valence electrons. The van der Waals surface area contributed by atoms with Crippen LogP contribution < -0.4 is 14.3 Å². The second kappa shape index (κ2) is 5.20. The monoisotopic (exact) mass is 330 g/mol. The van der Waals surface area contributed by atoms with Gasteiger partial charge in [0.05, 0.1) is 15.8 Å². The molecule has 0 N–H and O–H groups in total. The van der Waals surface area contributed by atoms with E-state index in [4.69, 9.17) is 9.47 Å². The number of carbonyl (C=O) groups excluding carboxylic acids is 1. The molecule has 0 saturated heterocycles. The van der Waals surface area contributed by atoms with Crippen LogP contribution in [0.5, 0.6) is 11.5 Å². The van der Waals surface area contributed by atoms with Crippen molar-refractivity contribution < 1.29 is 18.7 Å². The van der Waals surface area contributed by atoms with E-state index in [0.717, 1.165) is 10.2 Å². The lowest BCUT2D eigenvalue weighted by molar-refractivity contribution is 0.0994. The number of fused-ring (bicyclic) bond motifs is 2. The molecule has 0 aliphatic carbocycles. The minimum atomic E-state index is -0.606. The van der Waals surface area contributed by atoms with E-state index in [1.807, 2.05) is 12.1 Å². The number of thiazole rings is 1. The SMILES string of the molecule is Cn1c(=NC(=O)c2ccccc2F)sc2cc3c(cc21)OCO3. The molecule has 2 aromatic carbocycles. The molecule has 0 unspecified atom stereocenters. The van der Waals surface area contributed by atoms with Crippen LogP contribution in [0.15, 0.2) is 41.4 Å². The molecule has 1 aliphatic heterocycles. The number of amides is 1. The number of benzene rings is 2. The number of aryl methyl sites for hydroxylation is 1. The normalized spacial score (nSPS) is 13.7. The summed E-state index contributed by atoms with van der Waals surface area (Å²) in [6.45, 7) is 0.208. The Kier molecular flexibility index (Phi) is 3.16. The molecular formula is C16H11FN2O3S. The highest BCUT2D eigenvalue weighted by molar-refractivity contribution is 7.16. The zero-order valence-corrected chi connectivity index (χ0v) is 12.9. The minimum Gasteiger partial charge on any atom is -0.454 e. The Morgan fingerprint density at radius 3 is 2.78 bits per heavy atom. The maximum Gasteiger partial charge on any atom is 0.282 e. The van der Waals surface area contributed by atoms with Crippen LogP contribution >= 0.6 is 11.3 Å². The first-order chi connectivity index (χ1) is 11.1. The van der Waals surface area contributed by atoms with Crippen LogP contribution in [0.3, 0.4) is 0 Å². The van der Waals surface area contributed by atoms with Crippen molar-refractivity contribution in [3.05, 3.63) is 52.6 Å². The molecule has 1 amide bonds. The van der Waals surface area contributed by atoms with Gasteiger partial charge >= 0.3 is 0 Å². The summed E-state index contributed by atoms with van der Waals surface area (Å²) in [6, 6.07) is 9.51. The third-order valence-electron chi connectivity index (χ3n) is 3.61. The van der Waals surface area contributed by atoms with Crippen molar-refractivity contribution in [2.24, 2.45) is 12.0 Å². The number of aromatic nitrogens is 1. The zero-order chi connectivity index (χ0) is 16.0. The Bertz CT molecular complexity index is 1010. The van der Waals surface area contributed by atoms with Crippen LogP contribution in [-0.4, -0.2) is 17.3 Å². The molecule has 0 fully saturated rings. The van der Waals surface area contributed by atoms with E-state index in [2.05, 4.69) is 4.99 Å². The number of nitrogens with zero attached hydrogens (tertiary/aromatic N) is 2. The highest BCUT2D eigenvalue weighted by atomic mass is 32.1. The number of rotatable bonds is 1. The average Bonchev–Trinajstić information content (AvgIpc) is 3.11. The summed E-state index contributed by atoms with van der Waals surface area (Å²) in [5.41, 5.74) is 0.832. The van der Waals surface area contributed by atoms with Gasteiger partial charge in [-0.2, -0.15) is 4.99 Å². The van der Waals surface area contributed by atoms with Crippen LogP contribution in [0.1, 0.15) is 10.4 Å². The first-order valence-corrected chi connectivity index (χ1v) is 7.68. The standard InChI is InChI=1S/C16H11FN2O3S/c1-19-11-6-12-13(22-8-21-12)7-14(11)23-16(19)18-15(20)9-4-2-3-5-10(9)17/h2-7H,8H2,1H3. The Balaban J connectivity index is 1.84. The van der Waals surface area contributed by atoms with Crippen molar-refractivity contribution in [1.29, 1.82) is 0 Å². The number of hydrogen-bond donors (Lipinski definition) is 0. The smallest absolute Gasteiger partial charge is 0.282 e. The maximum atomic E-state index is 13.7. The molecule has 7 heteroatoms. The Labute approximate surface area is 134 Å². The van der Waals surface area contributed by atoms with Gasteiger partial charge in [0.2, 0.25) is 6.79 Å². The van der Waals surface area contributed by atoms with Crippen molar-refractivity contribution in [3.63, 3.8) is 0 Å². The van der Waals surface area contributed by atoms with Crippen LogP contribution in [0.4, 0.5) is 4.39 Å².